The van der Waals surface area contributed by atoms with Gasteiger partial charge in [0, 0.05) is 13.5 Å². The Balaban J connectivity index is 2.29. The van der Waals surface area contributed by atoms with Gasteiger partial charge >= 0.3 is 0 Å². The number of hydrogen-bond donors (Lipinski definition) is 0. The van der Waals surface area contributed by atoms with Crippen LogP contribution in [-0.2, 0) is 9.53 Å². The van der Waals surface area contributed by atoms with Crippen LogP contribution in [0.15, 0.2) is 0 Å². The standard InChI is InChI=1S/C12H22O2/c1-9-4-5-11(6-10(9)2)7-12(13)8-14-3/h9-11H,4-8H2,1-3H3. The number of carbonyl (C=O) groups is 1. The van der Waals surface area contributed by atoms with Crippen molar-refractivity contribution in [2.45, 2.75) is 39.5 Å². The van der Waals surface area contributed by atoms with Crippen LogP contribution in [0.2, 0.25) is 0 Å². The van der Waals surface area contributed by atoms with E-state index in [1.165, 1.54) is 19.3 Å². The van der Waals surface area contributed by atoms with Gasteiger partial charge in [-0.05, 0) is 30.6 Å². The predicted octanol–water partition coefficient (Wildman–Crippen LogP) is 2.66. The molecule has 0 aromatic heterocycles. The number of carbonyl (C=O) groups excluding carboxylic acids is 1. The van der Waals surface area contributed by atoms with Gasteiger partial charge in [-0.1, -0.05) is 20.3 Å². The van der Waals surface area contributed by atoms with Crippen LogP contribution in [0.25, 0.3) is 0 Å². The highest BCUT2D eigenvalue weighted by atomic mass is 16.5. The average molecular weight is 198 g/mol. The van der Waals surface area contributed by atoms with Crippen molar-refractivity contribution >= 4 is 5.78 Å². The highest BCUT2D eigenvalue weighted by Crippen LogP contribution is 2.34. The molecular formula is C12H22O2. The lowest BCUT2D eigenvalue weighted by molar-refractivity contribution is -0.124. The number of hydrogen-bond acceptors (Lipinski definition) is 2. The summed E-state index contributed by atoms with van der Waals surface area (Å²) in [7, 11) is 1.59. The van der Waals surface area contributed by atoms with Crippen LogP contribution in [0, 0.1) is 17.8 Å². The summed E-state index contributed by atoms with van der Waals surface area (Å²) in [5.74, 6) is 2.50. The quantitative estimate of drug-likeness (QED) is 0.694. The van der Waals surface area contributed by atoms with Gasteiger partial charge in [0.1, 0.15) is 6.61 Å². The number of rotatable bonds is 4. The third-order valence-corrected chi connectivity index (χ3v) is 3.53. The van der Waals surface area contributed by atoms with Crippen molar-refractivity contribution < 1.29 is 9.53 Å². The summed E-state index contributed by atoms with van der Waals surface area (Å²) >= 11 is 0. The van der Waals surface area contributed by atoms with E-state index in [0.29, 0.717) is 12.5 Å². The molecule has 0 aromatic carbocycles. The van der Waals surface area contributed by atoms with Gasteiger partial charge in [0.05, 0.1) is 0 Å². The average Bonchev–Trinajstić information content (AvgIpc) is 2.12. The zero-order valence-electron chi connectivity index (χ0n) is 9.58. The van der Waals surface area contributed by atoms with Crippen LogP contribution < -0.4 is 0 Å². The van der Waals surface area contributed by atoms with Gasteiger partial charge in [-0.15, -0.1) is 0 Å². The van der Waals surface area contributed by atoms with E-state index in [9.17, 15) is 4.79 Å². The molecule has 0 amide bonds. The Labute approximate surface area is 87.0 Å². The summed E-state index contributed by atoms with van der Waals surface area (Å²) in [6.07, 6.45) is 4.45. The van der Waals surface area contributed by atoms with Crippen LogP contribution in [0.3, 0.4) is 0 Å². The second-order valence-electron chi connectivity index (χ2n) is 4.81. The lowest BCUT2D eigenvalue weighted by atomic mass is 9.74. The molecule has 1 aliphatic carbocycles. The van der Waals surface area contributed by atoms with Gasteiger partial charge in [0.15, 0.2) is 5.78 Å². The maximum atomic E-state index is 11.4. The second-order valence-corrected chi connectivity index (χ2v) is 4.81. The van der Waals surface area contributed by atoms with E-state index >= 15 is 0 Å². The van der Waals surface area contributed by atoms with Crippen LogP contribution in [0.5, 0.6) is 0 Å². The van der Waals surface area contributed by atoms with Crippen molar-refractivity contribution in [1.82, 2.24) is 0 Å². The maximum Gasteiger partial charge on any atom is 0.158 e. The van der Waals surface area contributed by atoms with Gasteiger partial charge in [-0.2, -0.15) is 0 Å². The van der Waals surface area contributed by atoms with Crippen LogP contribution in [0.4, 0.5) is 0 Å². The number of methoxy groups -OCH3 is 1. The Kier molecular flexibility index (Phi) is 4.59. The van der Waals surface area contributed by atoms with E-state index in [4.69, 9.17) is 4.74 Å². The van der Waals surface area contributed by atoms with Crippen LogP contribution in [0.1, 0.15) is 39.5 Å². The zero-order valence-corrected chi connectivity index (χ0v) is 9.58. The van der Waals surface area contributed by atoms with Crippen LogP contribution >= 0.6 is 0 Å². The molecule has 0 spiro atoms. The predicted molar refractivity (Wildman–Crippen MR) is 57.2 cm³/mol. The van der Waals surface area contributed by atoms with Crippen molar-refractivity contribution in [2.24, 2.45) is 17.8 Å². The van der Waals surface area contributed by atoms with E-state index in [1.807, 2.05) is 0 Å². The summed E-state index contributed by atoms with van der Waals surface area (Å²) in [4.78, 5) is 11.4. The van der Waals surface area contributed by atoms with E-state index in [0.717, 1.165) is 18.3 Å². The summed E-state index contributed by atoms with van der Waals surface area (Å²) < 4.78 is 4.84. The first kappa shape index (κ1) is 11.7. The summed E-state index contributed by atoms with van der Waals surface area (Å²) in [5, 5.41) is 0. The number of ether oxygens (including phenoxy) is 1. The molecule has 0 N–H and O–H groups in total. The smallest absolute Gasteiger partial charge is 0.158 e. The minimum absolute atomic E-state index is 0.263. The van der Waals surface area contributed by atoms with Gasteiger partial charge in [-0.25, -0.2) is 0 Å². The minimum Gasteiger partial charge on any atom is -0.377 e. The van der Waals surface area contributed by atoms with Crippen molar-refractivity contribution in [2.75, 3.05) is 13.7 Å². The maximum absolute atomic E-state index is 11.4. The number of ketones is 1. The molecule has 0 bridgehead atoms. The third-order valence-electron chi connectivity index (χ3n) is 3.53. The highest BCUT2D eigenvalue weighted by molar-refractivity contribution is 5.79. The van der Waals surface area contributed by atoms with E-state index in [2.05, 4.69) is 13.8 Å². The zero-order chi connectivity index (χ0) is 10.6. The molecule has 2 heteroatoms. The molecular weight excluding hydrogens is 176 g/mol. The fourth-order valence-corrected chi connectivity index (χ4v) is 2.39. The van der Waals surface area contributed by atoms with Crippen molar-refractivity contribution in [3.05, 3.63) is 0 Å². The van der Waals surface area contributed by atoms with E-state index < -0.39 is 0 Å². The first-order valence-electron chi connectivity index (χ1n) is 5.64. The van der Waals surface area contributed by atoms with E-state index in [-0.39, 0.29) is 5.78 Å². The Bertz CT molecular complexity index is 189. The second kappa shape index (κ2) is 5.50. The molecule has 0 radical (unpaired) electrons. The lowest BCUT2D eigenvalue weighted by Crippen LogP contribution is -2.23. The van der Waals surface area contributed by atoms with Gasteiger partial charge < -0.3 is 4.74 Å². The summed E-state index contributed by atoms with van der Waals surface area (Å²) in [6.45, 7) is 4.91. The van der Waals surface area contributed by atoms with Crippen LogP contribution in [-0.4, -0.2) is 19.5 Å². The summed E-state index contributed by atoms with van der Waals surface area (Å²) in [6, 6.07) is 0. The van der Waals surface area contributed by atoms with E-state index in [1.54, 1.807) is 7.11 Å². The molecule has 1 saturated carbocycles. The molecule has 0 heterocycles. The Morgan fingerprint density at radius 3 is 2.57 bits per heavy atom. The molecule has 14 heavy (non-hydrogen) atoms. The fraction of sp³-hybridized carbons (Fsp3) is 0.917. The Morgan fingerprint density at radius 2 is 2.00 bits per heavy atom. The molecule has 3 atom stereocenters. The Hall–Kier alpha value is -0.370. The van der Waals surface area contributed by atoms with Crippen molar-refractivity contribution in [3.8, 4) is 0 Å². The first-order valence-corrected chi connectivity index (χ1v) is 5.64. The fourth-order valence-electron chi connectivity index (χ4n) is 2.39. The number of Topliss-reactive ketones (excluding diaryl/α,β-unsaturated/α-hetero) is 1. The lowest BCUT2D eigenvalue weighted by Gasteiger charge is -2.31. The molecule has 2 nitrogen and oxygen atoms in total. The molecule has 0 saturated heterocycles. The van der Waals surface area contributed by atoms with Gasteiger partial charge in [-0.3, -0.25) is 4.79 Å². The minimum atomic E-state index is 0.263. The molecule has 82 valence electrons. The monoisotopic (exact) mass is 198 g/mol. The molecule has 1 fully saturated rings. The Morgan fingerprint density at radius 1 is 1.29 bits per heavy atom. The normalized spacial score (nSPS) is 32.9. The molecule has 0 aromatic rings. The topological polar surface area (TPSA) is 26.3 Å². The molecule has 0 aliphatic heterocycles. The third kappa shape index (κ3) is 3.41. The van der Waals surface area contributed by atoms with Gasteiger partial charge in [0.2, 0.25) is 0 Å². The highest BCUT2D eigenvalue weighted by Gasteiger charge is 2.25. The van der Waals surface area contributed by atoms with Crippen molar-refractivity contribution in [1.29, 1.82) is 0 Å². The molecule has 1 aliphatic rings. The molecule has 1 rings (SSSR count). The largest absolute Gasteiger partial charge is 0.377 e. The summed E-state index contributed by atoms with van der Waals surface area (Å²) in [5.41, 5.74) is 0. The SMILES string of the molecule is COCC(=O)CC1CCC(C)C(C)C1. The van der Waals surface area contributed by atoms with Crippen molar-refractivity contribution in [3.63, 3.8) is 0 Å². The first-order chi connectivity index (χ1) is 6.63. The van der Waals surface area contributed by atoms with Gasteiger partial charge in [0.25, 0.3) is 0 Å². The molecule has 3 unspecified atom stereocenters.